The van der Waals surface area contributed by atoms with Crippen molar-refractivity contribution < 1.29 is 10.0 Å². The zero-order valence-electron chi connectivity index (χ0n) is 12.2. The molecule has 1 aromatic heterocycles. The van der Waals surface area contributed by atoms with Crippen molar-refractivity contribution in [2.45, 2.75) is 0 Å². The number of para-hydroxylation sites is 1. The number of nitro benzene ring substituents is 1. The second kappa shape index (κ2) is 6.51. The van der Waals surface area contributed by atoms with Gasteiger partial charge in [0.1, 0.15) is 0 Å². The lowest BCUT2D eigenvalue weighted by Crippen LogP contribution is -1.95. The Hall–Kier alpha value is -3.19. The largest absolute Gasteiger partial charge is 0.502 e. The van der Waals surface area contributed by atoms with Gasteiger partial charge in [-0.1, -0.05) is 29.8 Å². The molecule has 3 rings (SSSR count). The summed E-state index contributed by atoms with van der Waals surface area (Å²) in [6.45, 7) is 0. The molecule has 24 heavy (non-hydrogen) atoms. The molecule has 0 saturated heterocycles. The molecule has 0 bridgehead atoms. The van der Waals surface area contributed by atoms with Crippen molar-refractivity contribution >= 4 is 40.1 Å². The number of phenols is 1. The Morgan fingerprint density at radius 1 is 1.29 bits per heavy atom. The number of fused-ring (bicyclic) bond motifs is 1. The van der Waals surface area contributed by atoms with Crippen LogP contribution in [0.25, 0.3) is 10.9 Å². The maximum absolute atomic E-state index is 10.9. The molecule has 0 fully saturated rings. The molecular weight excluding hydrogens is 332 g/mol. The van der Waals surface area contributed by atoms with Gasteiger partial charge in [0, 0.05) is 28.2 Å². The van der Waals surface area contributed by atoms with E-state index in [0.29, 0.717) is 5.69 Å². The molecule has 0 unspecified atom stereocenters. The lowest BCUT2D eigenvalue weighted by Gasteiger charge is -2.05. The summed E-state index contributed by atoms with van der Waals surface area (Å²) in [5.41, 5.74) is 3.87. The van der Waals surface area contributed by atoms with Gasteiger partial charge in [0.15, 0.2) is 0 Å². The molecule has 8 heteroatoms. The van der Waals surface area contributed by atoms with Gasteiger partial charge in [-0.05, 0) is 18.2 Å². The average molecular weight is 343 g/mol. The number of benzene rings is 2. The lowest BCUT2D eigenvalue weighted by atomic mass is 10.2. The molecule has 7 nitrogen and oxygen atoms in total. The minimum absolute atomic E-state index is 0.132. The zero-order valence-corrected chi connectivity index (χ0v) is 12.9. The predicted molar refractivity (Wildman–Crippen MR) is 92.7 cm³/mol. The number of aromatic hydroxyl groups is 1. The number of nitrogens with zero attached hydrogens (tertiary/aromatic N) is 3. The van der Waals surface area contributed by atoms with Crippen LogP contribution >= 0.6 is 11.6 Å². The van der Waals surface area contributed by atoms with Crippen LogP contribution in [0.2, 0.25) is 5.02 Å². The van der Waals surface area contributed by atoms with Gasteiger partial charge in [0.25, 0.3) is 0 Å². The number of nitrogens with one attached hydrogen (secondary N) is 1. The van der Waals surface area contributed by atoms with Crippen LogP contribution in [0.15, 0.2) is 53.8 Å². The number of aromatic nitrogens is 1. The van der Waals surface area contributed by atoms with Crippen LogP contribution in [-0.4, -0.2) is 21.2 Å². The summed E-state index contributed by atoms with van der Waals surface area (Å²) in [5.74, 6) is -0.494. The molecule has 1 heterocycles. The van der Waals surface area contributed by atoms with E-state index < -0.39 is 16.4 Å². The van der Waals surface area contributed by atoms with E-state index in [-0.39, 0.29) is 10.6 Å². The number of nitro groups is 1. The maximum Gasteiger partial charge on any atom is 0.312 e. The molecule has 0 saturated carbocycles. The molecule has 3 aromatic rings. The summed E-state index contributed by atoms with van der Waals surface area (Å²) in [5, 5.41) is 25.9. The smallest absolute Gasteiger partial charge is 0.312 e. The summed E-state index contributed by atoms with van der Waals surface area (Å²) in [6, 6.07) is 11.8. The molecule has 0 aliphatic rings. The fourth-order valence-corrected chi connectivity index (χ4v) is 2.43. The van der Waals surface area contributed by atoms with Crippen LogP contribution in [-0.2, 0) is 0 Å². The first-order chi connectivity index (χ1) is 11.6. The van der Waals surface area contributed by atoms with Gasteiger partial charge in [-0.2, -0.15) is 5.10 Å². The summed E-state index contributed by atoms with van der Waals surface area (Å²) in [7, 11) is 0. The van der Waals surface area contributed by atoms with Crippen LogP contribution < -0.4 is 5.43 Å². The molecule has 0 spiro atoms. The van der Waals surface area contributed by atoms with Crippen LogP contribution in [0.4, 0.5) is 11.4 Å². The van der Waals surface area contributed by atoms with Crippen LogP contribution in [0.1, 0.15) is 5.56 Å². The maximum atomic E-state index is 10.9. The van der Waals surface area contributed by atoms with Crippen molar-refractivity contribution in [2.24, 2.45) is 5.10 Å². The second-order valence-corrected chi connectivity index (χ2v) is 5.31. The Morgan fingerprint density at radius 3 is 2.88 bits per heavy atom. The number of rotatable bonds is 4. The second-order valence-electron chi connectivity index (χ2n) is 4.87. The monoisotopic (exact) mass is 342 g/mol. The fraction of sp³-hybridized carbons (Fsp3) is 0. The van der Waals surface area contributed by atoms with Crippen molar-refractivity contribution in [3.63, 3.8) is 0 Å². The van der Waals surface area contributed by atoms with Crippen LogP contribution in [0.5, 0.6) is 5.75 Å². The van der Waals surface area contributed by atoms with E-state index in [2.05, 4.69) is 15.5 Å². The number of phenolic OH excluding ortho intramolecular Hbond substituents is 1. The van der Waals surface area contributed by atoms with Crippen molar-refractivity contribution in [3.05, 3.63) is 69.4 Å². The third-order valence-corrected chi connectivity index (χ3v) is 3.52. The van der Waals surface area contributed by atoms with E-state index >= 15 is 0 Å². The Morgan fingerprint density at radius 2 is 2.08 bits per heavy atom. The predicted octanol–water partition coefficient (Wildman–Crippen LogP) is 3.95. The highest BCUT2D eigenvalue weighted by Gasteiger charge is 2.17. The SMILES string of the molecule is O=[N+]([O-])c1cc(Cl)cc(C=NNc2cccc3cccnc23)c1O. The molecule has 2 N–H and O–H groups in total. The average Bonchev–Trinajstić information content (AvgIpc) is 2.57. The van der Waals surface area contributed by atoms with Gasteiger partial charge >= 0.3 is 5.69 Å². The first-order valence-corrected chi connectivity index (χ1v) is 7.24. The quantitative estimate of drug-likeness (QED) is 0.424. The summed E-state index contributed by atoms with van der Waals surface area (Å²) >= 11 is 5.83. The number of hydrogen-bond acceptors (Lipinski definition) is 6. The van der Waals surface area contributed by atoms with Crippen molar-refractivity contribution in [2.75, 3.05) is 5.43 Å². The minimum Gasteiger partial charge on any atom is -0.502 e. The molecule has 0 radical (unpaired) electrons. The van der Waals surface area contributed by atoms with Gasteiger partial charge in [0.2, 0.25) is 5.75 Å². The number of hydrazone groups is 1. The highest BCUT2D eigenvalue weighted by molar-refractivity contribution is 6.31. The van der Waals surface area contributed by atoms with E-state index in [9.17, 15) is 15.2 Å². The van der Waals surface area contributed by atoms with Gasteiger partial charge in [0.05, 0.1) is 22.3 Å². The topological polar surface area (TPSA) is 101 Å². The Balaban J connectivity index is 1.90. The first kappa shape index (κ1) is 15.7. The first-order valence-electron chi connectivity index (χ1n) is 6.86. The molecule has 0 aliphatic heterocycles. The Kier molecular flexibility index (Phi) is 4.26. The zero-order chi connectivity index (χ0) is 17.1. The van der Waals surface area contributed by atoms with E-state index in [0.717, 1.165) is 17.0 Å². The van der Waals surface area contributed by atoms with Crippen molar-refractivity contribution in [1.29, 1.82) is 0 Å². The highest BCUT2D eigenvalue weighted by Crippen LogP contribution is 2.32. The third kappa shape index (κ3) is 3.11. The van der Waals surface area contributed by atoms with Gasteiger partial charge < -0.3 is 5.11 Å². The van der Waals surface area contributed by atoms with E-state index in [1.807, 2.05) is 24.3 Å². The van der Waals surface area contributed by atoms with Gasteiger partial charge in [-0.3, -0.25) is 20.5 Å². The number of hydrogen-bond donors (Lipinski definition) is 2. The molecular formula is C16H11ClN4O3. The molecule has 2 aromatic carbocycles. The Bertz CT molecular complexity index is 954. The normalized spacial score (nSPS) is 11.0. The molecule has 120 valence electrons. The lowest BCUT2D eigenvalue weighted by molar-refractivity contribution is -0.385. The molecule has 0 atom stereocenters. The summed E-state index contributed by atoms with van der Waals surface area (Å²) in [4.78, 5) is 14.5. The standard InChI is InChI=1S/C16H11ClN4O3/c17-12-7-11(16(22)14(8-12)21(23)24)9-19-20-13-5-1-3-10-4-2-6-18-15(10)13/h1-9,20,22H. The van der Waals surface area contributed by atoms with Crippen LogP contribution in [0.3, 0.4) is 0 Å². The van der Waals surface area contributed by atoms with E-state index in [1.165, 1.54) is 12.3 Å². The highest BCUT2D eigenvalue weighted by atomic mass is 35.5. The van der Waals surface area contributed by atoms with Crippen molar-refractivity contribution in [1.82, 2.24) is 4.98 Å². The third-order valence-electron chi connectivity index (χ3n) is 3.30. The van der Waals surface area contributed by atoms with Gasteiger partial charge in [-0.25, -0.2) is 0 Å². The summed E-state index contributed by atoms with van der Waals surface area (Å²) < 4.78 is 0. The molecule has 0 amide bonds. The number of pyridine rings is 1. The summed E-state index contributed by atoms with van der Waals surface area (Å²) in [6.07, 6.45) is 2.93. The minimum atomic E-state index is -0.708. The van der Waals surface area contributed by atoms with Crippen LogP contribution in [0, 0.1) is 10.1 Å². The van der Waals surface area contributed by atoms with Crippen molar-refractivity contribution in [3.8, 4) is 5.75 Å². The van der Waals surface area contributed by atoms with E-state index in [4.69, 9.17) is 11.6 Å². The van der Waals surface area contributed by atoms with E-state index in [1.54, 1.807) is 12.3 Å². The Labute approximate surface area is 141 Å². The van der Waals surface area contributed by atoms with Gasteiger partial charge in [-0.15, -0.1) is 0 Å². The molecule has 0 aliphatic carbocycles. The number of halogens is 1. The number of anilines is 1. The fourth-order valence-electron chi connectivity index (χ4n) is 2.21.